The summed E-state index contributed by atoms with van der Waals surface area (Å²) >= 11 is 5.00. The van der Waals surface area contributed by atoms with E-state index < -0.39 is 0 Å². The molecule has 0 spiro atoms. The first-order valence-corrected chi connectivity index (χ1v) is 6.68. The van der Waals surface area contributed by atoms with Gasteiger partial charge in [0.1, 0.15) is 4.99 Å². The Balaban J connectivity index is 2.17. The second kappa shape index (κ2) is 9.86. The predicted molar refractivity (Wildman–Crippen MR) is 79.3 cm³/mol. The standard InChI is InChI=1S/C14H21NO3S/c1-16-7-4-8-17-9-10-18-11-12-5-2-3-6-13(12)14(15)19/h2-3,5-6H,4,7-11H2,1H3,(H2,15,19). The van der Waals surface area contributed by atoms with Gasteiger partial charge in [0.25, 0.3) is 0 Å². The van der Waals surface area contributed by atoms with Crippen LogP contribution in [0.4, 0.5) is 0 Å². The van der Waals surface area contributed by atoms with Gasteiger partial charge in [0.2, 0.25) is 0 Å². The molecule has 2 N–H and O–H groups in total. The van der Waals surface area contributed by atoms with Gasteiger partial charge < -0.3 is 19.9 Å². The normalized spacial score (nSPS) is 10.6. The maximum absolute atomic E-state index is 5.65. The van der Waals surface area contributed by atoms with E-state index in [2.05, 4.69) is 0 Å². The number of thiocarbonyl (C=S) groups is 1. The van der Waals surface area contributed by atoms with Gasteiger partial charge in [-0.2, -0.15) is 0 Å². The van der Waals surface area contributed by atoms with Crippen molar-refractivity contribution in [3.63, 3.8) is 0 Å². The molecule has 0 heterocycles. The summed E-state index contributed by atoms with van der Waals surface area (Å²) in [5.74, 6) is 0. The second-order valence-corrected chi connectivity index (χ2v) is 4.47. The fourth-order valence-electron chi connectivity index (χ4n) is 1.59. The molecule has 0 atom stereocenters. The number of hydrogen-bond donors (Lipinski definition) is 1. The lowest BCUT2D eigenvalue weighted by molar-refractivity contribution is 0.0336. The van der Waals surface area contributed by atoms with Crippen molar-refractivity contribution >= 4 is 17.2 Å². The smallest absolute Gasteiger partial charge is 0.104 e. The van der Waals surface area contributed by atoms with Crippen molar-refractivity contribution in [3.8, 4) is 0 Å². The average molecular weight is 283 g/mol. The molecule has 0 aliphatic rings. The lowest BCUT2D eigenvalue weighted by atomic mass is 10.1. The molecule has 5 heteroatoms. The number of nitrogens with two attached hydrogens (primary N) is 1. The van der Waals surface area contributed by atoms with Crippen molar-refractivity contribution in [1.29, 1.82) is 0 Å². The molecular weight excluding hydrogens is 262 g/mol. The van der Waals surface area contributed by atoms with Gasteiger partial charge in [-0.15, -0.1) is 0 Å². The van der Waals surface area contributed by atoms with Crippen molar-refractivity contribution in [2.45, 2.75) is 13.0 Å². The Morgan fingerprint density at radius 1 is 1.11 bits per heavy atom. The highest BCUT2D eigenvalue weighted by atomic mass is 32.1. The van der Waals surface area contributed by atoms with Crippen LogP contribution in [0.15, 0.2) is 24.3 Å². The molecule has 1 aromatic carbocycles. The second-order valence-electron chi connectivity index (χ2n) is 4.03. The SMILES string of the molecule is COCCCOCCOCc1ccccc1C(N)=S. The molecule has 0 aliphatic carbocycles. The van der Waals surface area contributed by atoms with E-state index in [9.17, 15) is 0 Å². The van der Waals surface area contributed by atoms with Gasteiger partial charge in [0.15, 0.2) is 0 Å². The molecule has 19 heavy (non-hydrogen) atoms. The molecule has 0 radical (unpaired) electrons. The van der Waals surface area contributed by atoms with Crippen LogP contribution >= 0.6 is 12.2 Å². The maximum atomic E-state index is 5.65. The summed E-state index contributed by atoms with van der Waals surface area (Å²) in [6, 6.07) is 7.73. The van der Waals surface area contributed by atoms with E-state index in [0.717, 1.165) is 24.2 Å². The summed E-state index contributed by atoms with van der Waals surface area (Å²) in [6.07, 6.45) is 0.904. The van der Waals surface area contributed by atoms with Gasteiger partial charge in [-0.25, -0.2) is 0 Å². The Hall–Kier alpha value is -1.01. The van der Waals surface area contributed by atoms with E-state index in [1.807, 2.05) is 24.3 Å². The molecule has 106 valence electrons. The fraction of sp³-hybridized carbons (Fsp3) is 0.500. The monoisotopic (exact) mass is 283 g/mol. The van der Waals surface area contributed by atoms with Crippen LogP contribution in [0.25, 0.3) is 0 Å². The average Bonchev–Trinajstić information content (AvgIpc) is 2.42. The topological polar surface area (TPSA) is 53.7 Å². The molecule has 0 unspecified atom stereocenters. The van der Waals surface area contributed by atoms with Crippen LogP contribution in [0.5, 0.6) is 0 Å². The zero-order valence-electron chi connectivity index (χ0n) is 11.3. The van der Waals surface area contributed by atoms with Gasteiger partial charge in [0.05, 0.1) is 19.8 Å². The van der Waals surface area contributed by atoms with Crippen LogP contribution in [0.3, 0.4) is 0 Å². The van der Waals surface area contributed by atoms with E-state index in [0.29, 0.717) is 31.4 Å². The zero-order valence-corrected chi connectivity index (χ0v) is 12.1. The van der Waals surface area contributed by atoms with E-state index in [1.165, 1.54) is 0 Å². The molecule has 1 rings (SSSR count). The highest BCUT2D eigenvalue weighted by Gasteiger charge is 2.03. The van der Waals surface area contributed by atoms with Crippen molar-refractivity contribution in [2.24, 2.45) is 5.73 Å². The molecule has 0 saturated heterocycles. The molecule has 1 aromatic rings. The molecular formula is C14H21NO3S. The fourth-order valence-corrected chi connectivity index (χ4v) is 1.79. The van der Waals surface area contributed by atoms with E-state index in [4.69, 9.17) is 32.2 Å². The minimum Gasteiger partial charge on any atom is -0.389 e. The Kier molecular flexibility index (Phi) is 8.33. The third kappa shape index (κ3) is 6.63. The van der Waals surface area contributed by atoms with Gasteiger partial charge in [-0.1, -0.05) is 36.5 Å². The number of hydrogen-bond acceptors (Lipinski definition) is 4. The van der Waals surface area contributed by atoms with Crippen LogP contribution in [0.1, 0.15) is 17.5 Å². The summed E-state index contributed by atoms with van der Waals surface area (Å²) < 4.78 is 15.9. The van der Waals surface area contributed by atoms with Crippen LogP contribution in [0, 0.1) is 0 Å². The van der Waals surface area contributed by atoms with E-state index in [1.54, 1.807) is 7.11 Å². The van der Waals surface area contributed by atoms with Gasteiger partial charge >= 0.3 is 0 Å². The highest BCUT2D eigenvalue weighted by Crippen LogP contribution is 2.09. The Morgan fingerprint density at radius 3 is 2.58 bits per heavy atom. The third-order valence-electron chi connectivity index (χ3n) is 2.55. The van der Waals surface area contributed by atoms with Crippen molar-refractivity contribution in [1.82, 2.24) is 0 Å². The summed E-state index contributed by atoms with van der Waals surface area (Å²) in [6.45, 7) is 3.05. The molecule has 0 amide bonds. The number of ether oxygens (including phenoxy) is 3. The predicted octanol–water partition coefficient (Wildman–Crippen LogP) is 1.89. The van der Waals surface area contributed by atoms with Crippen molar-refractivity contribution < 1.29 is 14.2 Å². The first-order chi connectivity index (χ1) is 9.25. The first kappa shape index (κ1) is 16.0. The molecule has 4 nitrogen and oxygen atoms in total. The van der Waals surface area contributed by atoms with Gasteiger partial charge in [0, 0.05) is 25.9 Å². The maximum Gasteiger partial charge on any atom is 0.104 e. The van der Waals surface area contributed by atoms with Crippen molar-refractivity contribution in [3.05, 3.63) is 35.4 Å². The highest BCUT2D eigenvalue weighted by molar-refractivity contribution is 7.80. The Labute approximate surface area is 119 Å². The van der Waals surface area contributed by atoms with E-state index >= 15 is 0 Å². The summed E-state index contributed by atoms with van der Waals surface area (Å²) in [4.78, 5) is 0.398. The lowest BCUT2D eigenvalue weighted by Gasteiger charge is -2.09. The summed E-state index contributed by atoms with van der Waals surface area (Å²) in [5.41, 5.74) is 7.53. The molecule has 0 aromatic heterocycles. The Bertz CT molecular complexity index is 385. The van der Waals surface area contributed by atoms with Gasteiger partial charge in [-0.3, -0.25) is 0 Å². The van der Waals surface area contributed by atoms with Crippen LogP contribution < -0.4 is 5.73 Å². The molecule has 0 bridgehead atoms. The molecule has 0 aliphatic heterocycles. The quantitative estimate of drug-likeness (QED) is 0.525. The lowest BCUT2D eigenvalue weighted by Crippen LogP contribution is -2.13. The third-order valence-corrected chi connectivity index (χ3v) is 2.77. The van der Waals surface area contributed by atoms with Crippen molar-refractivity contribution in [2.75, 3.05) is 33.5 Å². The molecule has 0 saturated carbocycles. The van der Waals surface area contributed by atoms with Crippen LogP contribution in [-0.4, -0.2) is 38.5 Å². The largest absolute Gasteiger partial charge is 0.389 e. The number of benzene rings is 1. The van der Waals surface area contributed by atoms with Crippen LogP contribution in [-0.2, 0) is 20.8 Å². The van der Waals surface area contributed by atoms with E-state index in [-0.39, 0.29) is 0 Å². The Morgan fingerprint density at radius 2 is 1.84 bits per heavy atom. The molecule has 0 fully saturated rings. The first-order valence-electron chi connectivity index (χ1n) is 6.28. The minimum absolute atomic E-state index is 0.398. The number of rotatable bonds is 10. The van der Waals surface area contributed by atoms with Crippen LogP contribution in [0.2, 0.25) is 0 Å². The number of methoxy groups -OCH3 is 1. The zero-order chi connectivity index (χ0) is 13.9. The summed E-state index contributed by atoms with van der Waals surface area (Å²) in [7, 11) is 1.68. The van der Waals surface area contributed by atoms with Gasteiger partial charge in [-0.05, 0) is 12.0 Å². The summed E-state index contributed by atoms with van der Waals surface area (Å²) in [5, 5.41) is 0. The minimum atomic E-state index is 0.398.